The molecular weight excluding hydrogens is 617 g/mol. The lowest BCUT2D eigenvalue weighted by Crippen LogP contribution is -1.91. The first-order valence-electron chi connectivity index (χ1n) is 27.6. The van der Waals surface area contributed by atoms with E-state index >= 15 is 0 Å². The van der Waals surface area contributed by atoms with Gasteiger partial charge in [0, 0.05) is 10.8 Å². The molecule has 1 heteroatoms. The van der Waals surface area contributed by atoms with Gasteiger partial charge < -0.3 is 4.42 Å². The summed E-state index contributed by atoms with van der Waals surface area (Å²) in [5.41, 5.74) is -4.53. The zero-order chi connectivity index (χ0) is 54.6. The van der Waals surface area contributed by atoms with Gasteiger partial charge in [-0.1, -0.05) is 175 Å². The molecule has 9 aromatic carbocycles. The molecule has 0 saturated carbocycles. The van der Waals surface area contributed by atoms with Crippen molar-refractivity contribution < 1.29 is 37.3 Å². The van der Waals surface area contributed by atoms with Crippen LogP contribution in [-0.2, 0) is 0 Å². The Morgan fingerprint density at radius 2 is 0.784 bits per heavy atom. The van der Waals surface area contributed by atoms with Crippen LogP contribution in [0.5, 0.6) is 0 Å². The maximum absolute atomic E-state index is 9.61. The average Bonchev–Trinajstić information content (AvgIpc) is 3.80. The van der Waals surface area contributed by atoms with E-state index in [2.05, 4.69) is 0 Å². The van der Waals surface area contributed by atoms with E-state index in [1.54, 1.807) is 48.5 Å². The Labute approximate surface area is 330 Å². The lowest BCUT2D eigenvalue weighted by Gasteiger charge is -2.18. The molecule has 0 bridgehead atoms. The molecule has 0 saturated heterocycles. The monoisotopic (exact) mass is 672 g/mol. The van der Waals surface area contributed by atoms with Crippen LogP contribution in [0.3, 0.4) is 0 Å². The van der Waals surface area contributed by atoms with Gasteiger partial charge in [0.2, 0.25) is 0 Å². The highest BCUT2D eigenvalue weighted by Gasteiger charge is 2.20. The summed E-state index contributed by atoms with van der Waals surface area (Å²) in [6.45, 7) is 0. The standard InChI is InChI=1S/C50H32O/c1-3-12-33(13-4-1)35-22-24-36(25-23-35)37-26-28-38(29-27-37)48-40-16-7-9-18-42(40)49(43-19-10-8-17-41(43)48)44-20-11-21-47-50(44)45-32-39(30-31-46(45)51-47)34-14-5-2-6-15-34/h1-32H/i1D,2D,3D,4D,5D,6D,11D,12D,13D,14D,15D,20D,21D,22D,23D,24D,25D,26D,27D,28D,29D,30D,31D,32D. The second-order valence-corrected chi connectivity index (χ2v) is 11.4. The average molecular weight is 673 g/mol. The summed E-state index contributed by atoms with van der Waals surface area (Å²) < 4.78 is 219. The van der Waals surface area contributed by atoms with Crippen molar-refractivity contribution in [3.05, 3.63) is 194 Å². The summed E-state index contributed by atoms with van der Waals surface area (Å²) in [7, 11) is 0. The van der Waals surface area contributed by atoms with Gasteiger partial charge >= 0.3 is 0 Å². The summed E-state index contributed by atoms with van der Waals surface area (Å²) >= 11 is 0. The summed E-state index contributed by atoms with van der Waals surface area (Å²) in [5.74, 6) is 0. The molecule has 10 rings (SSSR count). The number of rotatable bonds is 5. The van der Waals surface area contributed by atoms with Gasteiger partial charge in [0.05, 0.1) is 32.9 Å². The smallest absolute Gasteiger partial charge is 0.136 e. The molecule has 1 heterocycles. The van der Waals surface area contributed by atoms with Gasteiger partial charge in [0.15, 0.2) is 0 Å². The van der Waals surface area contributed by atoms with E-state index in [9.17, 15) is 8.22 Å². The predicted octanol–water partition coefficient (Wildman–Crippen LogP) is 14.2. The fourth-order valence-electron chi connectivity index (χ4n) is 6.31. The Kier molecular flexibility index (Phi) is 3.27. The van der Waals surface area contributed by atoms with E-state index in [1.807, 2.05) is 0 Å². The third-order valence-corrected chi connectivity index (χ3v) is 8.50. The van der Waals surface area contributed by atoms with Crippen LogP contribution in [0.25, 0.3) is 99.1 Å². The summed E-state index contributed by atoms with van der Waals surface area (Å²) in [5, 5.41) is 0.586. The molecule has 0 aliphatic rings. The molecule has 1 aromatic heterocycles. The van der Waals surface area contributed by atoms with Crippen molar-refractivity contribution in [1.82, 2.24) is 0 Å². The lowest BCUT2D eigenvalue weighted by atomic mass is 9.84. The van der Waals surface area contributed by atoms with Crippen LogP contribution in [0.4, 0.5) is 0 Å². The first-order chi connectivity index (χ1) is 35.3. The van der Waals surface area contributed by atoms with E-state index in [-0.39, 0.29) is 60.2 Å². The van der Waals surface area contributed by atoms with Crippen molar-refractivity contribution in [2.75, 3.05) is 0 Å². The van der Waals surface area contributed by atoms with Crippen molar-refractivity contribution in [2.45, 2.75) is 0 Å². The van der Waals surface area contributed by atoms with Crippen LogP contribution in [0.2, 0.25) is 0 Å². The molecule has 0 amide bonds. The Morgan fingerprint density at radius 1 is 0.333 bits per heavy atom. The Bertz CT molecular complexity index is 4120. The Balaban J connectivity index is 1.29. The highest BCUT2D eigenvalue weighted by molar-refractivity contribution is 6.25. The number of furan rings is 1. The SMILES string of the molecule is [2H]c1c([2H])c([2H])c(-c2c([2H])c([2H])c(-c3c([2H])c([2H])c(-c4c5ccccc5c(-c5c([2H])c([2H])c([2H])c6oc7c([2H])c([2H])c(-c8c([2H])c([2H])c([2H])c([2H])c8[2H])c([2H])c7c56)c5ccccc45)c([2H])c3[2H])c([2H])c2[2H])c([2H])c1[2H]. The van der Waals surface area contributed by atoms with Gasteiger partial charge in [0.25, 0.3) is 0 Å². The molecule has 0 radical (unpaired) electrons. The molecule has 238 valence electrons. The van der Waals surface area contributed by atoms with Gasteiger partial charge in [-0.05, 0) is 95.3 Å². The third kappa shape index (κ3) is 4.94. The zero-order valence-electron chi connectivity index (χ0n) is 50.0. The fraction of sp³-hybridized carbons (Fsp3) is 0. The molecule has 1 nitrogen and oxygen atoms in total. The number of hydrogen-bond acceptors (Lipinski definition) is 1. The van der Waals surface area contributed by atoms with Crippen LogP contribution in [0.1, 0.15) is 32.9 Å². The normalized spacial score (nSPS) is 18.1. The van der Waals surface area contributed by atoms with Crippen molar-refractivity contribution >= 4 is 43.5 Å². The molecular formula is C50H32O. The summed E-state index contributed by atoms with van der Waals surface area (Å²) in [4.78, 5) is 0. The van der Waals surface area contributed by atoms with E-state index in [0.29, 0.717) is 0 Å². The molecule has 51 heavy (non-hydrogen) atoms. The molecule has 0 fully saturated rings. The quantitative estimate of drug-likeness (QED) is 0.166. The van der Waals surface area contributed by atoms with Crippen molar-refractivity contribution in [2.24, 2.45) is 0 Å². The molecule has 0 spiro atoms. The van der Waals surface area contributed by atoms with E-state index in [4.69, 9.17) is 29.1 Å². The minimum absolute atomic E-state index is 0.115. The van der Waals surface area contributed by atoms with Gasteiger partial charge in [-0.25, -0.2) is 0 Å². The van der Waals surface area contributed by atoms with Crippen LogP contribution in [-0.4, -0.2) is 0 Å². The number of benzene rings is 9. The van der Waals surface area contributed by atoms with E-state index in [0.717, 1.165) is 0 Å². The maximum atomic E-state index is 9.61. The van der Waals surface area contributed by atoms with Gasteiger partial charge in [-0.15, -0.1) is 0 Å². The van der Waals surface area contributed by atoms with Crippen molar-refractivity contribution in [3.63, 3.8) is 0 Å². The molecule has 0 aliphatic heterocycles. The van der Waals surface area contributed by atoms with Crippen molar-refractivity contribution in [1.29, 1.82) is 0 Å². The first-order valence-corrected chi connectivity index (χ1v) is 15.6. The van der Waals surface area contributed by atoms with Crippen LogP contribution in [0.15, 0.2) is 198 Å². The summed E-state index contributed by atoms with van der Waals surface area (Å²) in [6, 6.07) is -5.18. The minimum atomic E-state index is -0.879. The number of hydrogen-bond donors (Lipinski definition) is 0. The van der Waals surface area contributed by atoms with E-state index < -0.39 is 184 Å². The molecule has 0 aliphatic carbocycles. The second kappa shape index (κ2) is 12.0. The highest BCUT2D eigenvalue weighted by atomic mass is 16.3. The largest absolute Gasteiger partial charge is 0.456 e. The van der Waals surface area contributed by atoms with Crippen LogP contribution < -0.4 is 0 Å². The predicted molar refractivity (Wildman–Crippen MR) is 216 cm³/mol. The topological polar surface area (TPSA) is 13.1 Å². The minimum Gasteiger partial charge on any atom is -0.456 e. The fourth-order valence-corrected chi connectivity index (χ4v) is 6.31. The maximum Gasteiger partial charge on any atom is 0.136 e. The lowest BCUT2D eigenvalue weighted by molar-refractivity contribution is 0.669. The Morgan fingerprint density at radius 3 is 1.33 bits per heavy atom. The van der Waals surface area contributed by atoms with Gasteiger partial charge in [-0.3, -0.25) is 0 Å². The van der Waals surface area contributed by atoms with Crippen LogP contribution >= 0.6 is 0 Å². The molecule has 0 unspecified atom stereocenters. The second-order valence-electron chi connectivity index (χ2n) is 11.4. The van der Waals surface area contributed by atoms with Gasteiger partial charge in [-0.2, -0.15) is 0 Å². The first kappa shape index (κ1) is 13.9. The number of fused-ring (bicyclic) bond motifs is 5. The zero-order valence-corrected chi connectivity index (χ0v) is 26.0. The molecule has 0 atom stereocenters. The Hall–Kier alpha value is -6.70. The highest BCUT2D eigenvalue weighted by Crippen LogP contribution is 2.47. The van der Waals surface area contributed by atoms with Crippen LogP contribution in [0, 0.1) is 0 Å². The van der Waals surface area contributed by atoms with Crippen molar-refractivity contribution in [3.8, 4) is 55.6 Å². The van der Waals surface area contributed by atoms with E-state index in [1.165, 1.54) is 0 Å². The molecule has 10 aromatic rings. The third-order valence-electron chi connectivity index (χ3n) is 8.50. The summed E-state index contributed by atoms with van der Waals surface area (Å²) in [6.07, 6.45) is 0. The molecule has 0 N–H and O–H groups in total. The van der Waals surface area contributed by atoms with Gasteiger partial charge in [0.1, 0.15) is 11.2 Å².